The molecule has 0 aliphatic carbocycles. The summed E-state index contributed by atoms with van der Waals surface area (Å²) in [4.78, 5) is 11.7. The van der Waals surface area contributed by atoms with E-state index < -0.39 is 6.04 Å². The van der Waals surface area contributed by atoms with E-state index in [0.717, 1.165) is 18.4 Å². The number of hydrogen-bond donors (Lipinski definition) is 3. The number of nitrogens with two attached hydrogens (primary N) is 1. The van der Waals surface area contributed by atoms with Crippen LogP contribution in [0.3, 0.4) is 0 Å². The zero-order valence-corrected chi connectivity index (χ0v) is 10.4. The number of carbonyl (C=O) groups is 1. The highest BCUT2D eigenvalue weighted by Gasteiger charge is 2.14. The number of anilines is 1. The number of nitrogens with one attached hydrogen (secondary N) is 1. The fraction of sp³-hybridized carbons (Fsp3) is 0.462. The number of carbonyl (C=O) groups excluding carboxylic acids is 1. The zero-order valence-electron chi connectivity index (χ0n) is 10.4. The van der Waals surface area contributed by atoms with Gasteiger partial charge in [-0.2, -0.15) is 0 Å². The van der Waals surface area contributed by atoms with Crippen molar-refractivity contribution in [3.8, 4) is 5.75 Å². The van der Waals surface area contributed by atoms with E-state index in [-0.39, 0.29) is 11.7 Å². The smallest absolute Gasteiger partial charge is 0.241 e. The molecule has 0 saturated carbocycles. The lowest BCUT2D eigenvalue weighted by molar-refractivity contribution is -0.117. The van der Waals surface area contributed by atoms with Crippen LogP contribution in [-0.2, 0) is 4.79 Å². The first kappa shape index (κ1) is 13.5. The molecular formula is C13H20N2O2. The maximum atomic E-state index is 11.7. The minimum Gasteiger partial charge on any atom is -0.505 e. The van der Waals surface area contributed by atoms with Gasteiger partial charge in [-0.25, -0.2) is 0 Å². The number of unbranched alkanes of at least 4 members (excludes halogenated alkanes) is 1. The molecule has 4 nitrogen and oxygen atoms in total. The Morgan fingerprint density at radius 3 is 2.88 bits per heavy atom. The first-order chi connectivity index (χ1) is 8.06. The molecule has 4 N–H and O–H groups in total. The Bertz CT molecular complexity index is 391. The highest BCUT2D eigenvalue weighted by atomic mass is 16.3. The van der Waals surface area contributed by atoms with Crippen molar-refractivity contribution in [2.45, 2.75) is 39.2 Å². The average molecular weight is 236 g/mol. The number of phenols is 1. The van der Waals surface area contributed by atoms with Crippen molar-refractivity contribution in [2.75, 3.05) is 5.32 Å². The second-order valence-electron chi connectivity index (χ2n) is 4.21. The lowest BCUT2D eigenvalue weighted by atomic mass is 10.1. The van der Waals surface area contributed by atoms with E-state index in [1.54, 1.807) is 25.1 Å². The standard InChI is InChI=1S/C13H20N2O2/c1-3-4-7-10(14)13(17)15-11-8-5-6-9(2)12(11)16/h5-6,8,10,16H,3-4,7,14H2,1-2H3,(H,15,17). The fourth-order valence-electron chi connectivity index (χ4n) is 1.54. The summed E-state index contributed by atoms with van der Waals surface area (Å²) in [5, 5.41) is 12.4. The normalized spacial score (nSPS) is 12.2. The first-order valence-corrected chi connectivity index (χ1v) is 5.91. The second kappa shape index (κ2) is 6.25. The number of benzene rings is 1. The number of aryl methyl sites for hydroxylation is 1. The van der Waals surface area contributed by atoms with E-state index in [0.29, 0.717) is 12.1 Å². The summed E-state index contributed by atoms with van der Waals surface area (Å²) < 4.78 is 0. The van der Waals surface area contributed by atoms with E-state index in [9.17, 15) is 9.90 Å². The van der Waals surface area contributed by atoms with Gasteiger partial charge in [-0.1, -0.05) is 31.9 Å². The molecule has 0 bridgehead atoms. The van der Waals surface area contributed by atoms with E-state index in [4.69, 9.17) is 5.73 Å². The molecule has 0 spiro atoms. The van der Waals surface area contributed by atoms with Crippen LogP contribution in [0.5, 0.6) is 5.75 Å². The molecule has 1 atom stereocenters. The fourth-order valence-corrected chi connectivity index (χ4v) is 1.54. The zero-order chi connectivity index (χ0) is 12.8. The number of aromatic hydroxyl groups is 1. The molecule has 1 amide bonds. The van der Waals surface area contributed by atoms with Crippen molar-refractivity contribution in [1.29, 1.82) is 0 Å². The summed E-state index contributed by atoms with van der Waals surface area (Å²) in [6.07, 6.45) is 2.60. The van der Waals surface area contributed by atoms with Crippen LogP contribution >= 0.6 is 0 Å². The van der Waals surface area contributed by atoms with Crippen LogP contribution in [0.15, 0.2) is 18.2 Å². The van der Waals surface area contributed by atoms with Gasteiger partial charge in [0.1, 0.15) is 5.75 Å². The molecule has 0 radical (unpaired) electrons. The Hall–Kier alpha value is -1.55. The van der Waals surface area contributed by atoms with E-state index >= 15 is 0 Å². The first-order valence-electron chi connectivity index (χ1n) is 5.91. The van der Waals surface area contributed by atoms with Crippen molar-refractivity contribution in [2.24, 2.45) is 5.73 Å². The molecule has 0 saturated heterocycles. The van der Waals surface area contributed by atoms with Gasteiger partial charge in [0.2, 0.25) is 5.91 Å². The number of hydrogen-bond acceptors (Lipinski definition) is 3. The van der Waals surface area contributed by atoms with Crippen LogP contribution in [0.4, 0.5) is 5.69 Å². The Kier molecular flexibility index (Phi) is 4.97. The van der Waals surface area contributed by atoms with Crippen molar-refractivity contribution in [1.82, 2.24) is 0 Å². The van der Waals surface area contributed by atoms with Crippen molar-refractivity contribution in [3.63, 3.8) is 0 Å². The monoisotopic (exact) mass is 236 g/mol. The third-order valence-electron chi connectivity index (χ3n) is 2.70. The highest BCUT2D eigenvalue weighted by Crippen LogP contribution is 2.26. The summed E-state index contributed by atoms with van der Waals surface area (Å²) in [5.41, 5.74) is 6.89. The number of rotatable bonds is 5. The third kappa shape index (κ3) is 3.75. The van der Waals surface area contributed by atoms with Gasteiger partial charge in [-0.15, -0.1) is 0 Å². The third-order valence-corrected chi connectivity index (χ3v) is 2.70. The Morgan fingerprint density at radius 1 is 1.53 bits per heavy atom. The molecule has 1 aromatic carbocycles. The SMILES string of the molecule is CCCCC(N)C(=O)Nc1cccc(C)c1O. The minimum absolute atomic E-state index is 0.101. The summed E-state index contributed by atoms with van der Waals surface area (Å²) in [7, 11) is 0. The number of para-hydroxylation sites is 1. The molecule has 4 heteroatoms. The van der Waals surface area contributed by atoms with Gasteiger partial charge in [0.15, 0.2) is 0 Å². The molecular weight excluding hydrogens is 216 g/mol. The maximum Gasteiger partial charge on any atom is 0.241 e. The lowest BCUT2D eigenvalue weighted by Crippen LogP contribution is -2.35. The van der Waals surface area contributed by atoms with Crippen LogP contribution in [0, 0.1) is 6.92 Å². The highest BCUT2D eigenvalue weighted by molar-refractivity contribution is 5.96. The van der Waals surface area contributed by atoms with Gasteiger partial charge in [-0.3, -0.25) is 4.79 Å². The van der Waals surface area contributed by atoms with Crippen LogP contribution < -0.4 is 11.1 Å². The van der Waals surface area contributed by atoms with Crippen LogP contribution in [0.25, 0.3) is 0 Å². The van der Waals surface area contributed by atoms with Crippen LogP contribution in [-0.4, -0.2) is 17.1 Å². The summed E-state index contributed by atoms with van der Waals surface area (Å²) in [6, 6.07) is 4.70. The average Bonchev–Trinajstić information content (AvgIpc) is 2.31. The Balaban J connectivity index is 2.64. The molecule has 0 aliphatic heterocycles. The van der Waals surface area contributed by atoms with Crippen LogP contribution in [0.1, 0.15) is 31.7 Å². The predicted molar refractivity (Wildman–Crippen MR) is 69.0 cm³/mol. The van der Waals surface area contributed by atoms with E-state index in [2.05, 4.69) is 12.2 Å². The molecule has 0 aliphatic rings. The molecule has 17 heavy (non-hydrogen) atoms. The van der Waals surface area contributed by atoms with Gasteiger partial charge in [0.25, 0.3) is 0 Å². The molecule has 94 valence electrons. The van der Waals surface area contributed by atoms with Gasteiger partial charge < -0.3 is 16.2 Å². The van der Waals surface area contributed by atoms with Gasteiger partial charge in [0, 0.05) is 0 Å². The topological polar surface area (TPSA) is 75.4 Å². The van der Waals surface area contributed by atoms with Crippen molar-refractivity contribution < 1.29 is 9.90 Å². The van der Waals surface area contributed by atoms with E-state index in [1.165, 1.54) is 0 Å². The molecule has 1 aromatic rings. The van der Waals surface area contributed by atoms with Gasteiger partial charge >= 0.3 is 0 Å². The molecule has 1 rings (SSSR count). The Morgan fingerprint density at radius 2 is 2.24 bits per heavy atom. The largest absolute Gasteiger partial charge is 0.505 e. The number of amides is 1. The second-order valence-corrected chi connectivity index (χ2v) is 4.21. The van der Waals surface area contributed by atoms with Gasteiger partial charge in [-0.05, 0) is 25.0 Å². The Labute approximate surface area is 102 Å². The molecule has 1 unspecified atom stereocenters. The minimum atomic E-state index is -0.519. The van der Waals surface area contributed by atoms with Crippen molar-refractivity contribution >= 4 is 11.6 Å². The van der Waals surface area contributed by atoms with Crippen LogP contribution in [0.2, 0.25) is 0 Å². The van der Waals surface area contributed by atoms with E-state index in [1.807, 2.05) is 0 Å². The summed E-state index contributed by atoms with van der Waals surface area (Å²) >= 11 is 0. The molecule has 0 heterocycles. The lowest BCUT2D eigenvalue weighted by Gasteiger charge is -2.13. The maximum absolute atomic E-state index is 11.7. The molecule has 0 fully saturated rings. The number of phenolic OH excluding ortho intramolecular Hbond substituents is 1. The quantitative estimate of drug-likeness (QED) is 0.686. The van der Waals surface area contributed by atoms with Crippen molar-refractivity contribution in [3.05, 3.63) is 23.8 Å². The molecule has 0 aromatic heterocycles. The van der Waals surface area contributed by atoms with Gasteiger partial charge in [0.05, 0.1) is 11.7 Å². The predicted octanol–water partition coefficient (Wildman–Crippen LogP) is 2.16. The summed E-state index contributed by atoms with van der Waals surface area (Å²) in [6.45, 7) is 3.83. The summed E-state index contributed by atoms with van der Waals surface area (Å²) in [5.74, 6) is -0.150.